The molecule has 0 aliphatic heterocycles. The van der Waals surface area contributed by atoms with E-state index < -0.39 is 0 Å². The number of nitrogens with zero attached hydrogens (tertiary/aromatic N) is 2. The summed E-state index contributed by atoms with van der Waals surface area (Å²) in [4.78, 5) is 12.2. The number of amides is 1. The minimum absolute atomic E-state index is 0.0000362. The molecule has 7 nitrogen and oxygen atoms in total. The SMILES string of the molecule is COc1ccc(-n2ncc([C@@H](C)NC(=O)COc3ccccc3O)c2C)cc1. The molecule has 7 heteroatoms. The van der Waals surface area contributed by atoms with Crippen LogP contribution in [0.2, 0.25) is 0 Å². The summed E-state index contributed by atoms with van der Waals surface area (Å²) < 4.78 is 12.4. The fraction of sp³-hybridized carbons (Fsp3) is 0.238. The Morgan fingerprint density at radius 2 is 1.93 bits per heavy atom. The van der Waals surface area contributed by atoms with E-state index in [-0.39, 0.29) is 30.1 Å². The van der Waals surface area contributed by atoms with Gasteiger partial charge in [-0.1, -0.05) is 12.1 Å². The number of aromatic hydroxyl groups is 1. The number of phenols is 1. The van der Waals surface area contributed by atoms with Crippen LogP contribution in [0.3, 0.4) is 0 Å². The highest BCUT2D eigenvalue weighted by Crippen LogP contribution is 2.24. The number of phenolic OH excluding ortho intramolecular Hbond substituents is 1. The lowest BCUT2D eigenvalue weighted by atomic mass is 10.1. The molecule has 1 aromatic heterocycles. The minimum Gasteiger partial charge on any atom is -0.504 e. The van der Waals surface area contributed by atoms with Crippen LogP contribution in [-0.2, 0) is 4.79 Å². The van der Waals surface area contributed by atoms with E-state index in [2.05, 4.69) is 10.4 Å². The van der Waals surface area contributed by atoms with E-state index in [0.717, 1.165) is 22.7 Å². The third-order valence-corrected chi connectivity index (χ3v) is 4.43. The lowest BCUT2D eigenvalue weighted by Gasteiger charge is -2.15. The Balaban J connectivity index is 1.64. The van der Waals surface area contributed by atoms with Gasteiger partial charge in [0, 0.05) is 11.3 Å². The van der Waals surface area contributed by atoms with Gasteiger partial charge in [-0.05, 0) is 50.2 Å². The molecule has 28 heavy (non-hydrogen) atoms. The molecule has 0 saturated heterocycles. The van der Waals surface area contributed by atoms with Crippen LogP contribution in [0.25, 0.3) is 5.69 Å². The predicted octanol–water partition coefficient (Wildman–Crippen LogP) is 3.15. The van der Waals surface area contributed by atoms with Crippen molar-refractivity contribution in [3.8, 4) is 22.9 Å². The number of para-hydroxylation sites is 2. The zero-order valence-corrected chi connectivity index (χ0v) is 16.0. The summed E-state index contributed by atoms with van der Waals surface area (Å²) in [5, 5.41) is 17.0. The lowest BCUT2D eigenvalue weighted by Crippen LogP contribution is -2.31. The average Bonchev–Trinajstić information content (AvgIpc) is 3.09. The van der Waals surface area contributed by atoms with E-state index in [1.165, 1.54) is 6.07 Å². The van der Waals surface area contributed by atoms with Gasteiger partial charge in [-0.25, -0.2) is 4.68 Å². The standard InChI is InChI=1S/C21H23N3O4/c1-14(23-21(26)13-28-20-7-5-4-6-19(20)25)18-12-22-24(15(18)2)16-8-10-17(27-3)11-9-16/h4-12,14,25H,13H2,1-3H3,(H,23,26)/t14-/m1/s1. The molecule has 3 rings (SSSR count). The summed E-state index contributed by atoms with van der Waals surface area (Å²) in [6, 6.07) is 13.9. The Morgan fingerprint density at radius 1 is 1.21 bits per heavy atom. The van der Waals surface area contributed by atoms with Crippen LogP contribution in [0.1, 0.15) is 24.2 Å². The van der Waals surface area contributed by atoms with Crippen molar-refractivity contribution in [3.63, 3.8) is 0 Å². The summed E-state index contributed by atoms with van der Waals surface area (Å²) >= 11 is 0. The van der Waals surface area contributed by atoms with E-state index in [0.29, 0.717) is 0 Å². The van der Waals surface area contributed by atoms with Gasteiger partial charge >= 0.3 is 0 Å². The van der Waals surface area contributed by atoms with Crippen molar-refractivity contribution >= 4 is 5.91 Å². The van der Waals surface area contributed by atoms with E-state index in [1.807, 2.05) is 42.8 Å². The van der Waals surface area contributed by atoms with E-state index in [1.54, 1.807) is 31.5 Å². The third-order valence-electron chi connectivity index (χ3n) is 4.43. The molecular formula is C21H23N3O4. The molecule has 1 atom stereocenters. The highest BCUT2D eigenvalue weighted by molar-refractivity contribution is 5.78. The zero-order chi connectivity index (χ0) is 20.1. The number of nitrogens with one attached hydrogen (secondary N) is 1. The van der Waals surface area contributed by atoms with E-state index in [4.69, 9.17) is 9.47 Å². The van der Waals surface area contributed by atoms with Crippen LogP contribution < -0.4 is 14.8 Å². The van der Waals surface area contributed by atoms with Gasteiger partial charge in [0.25, 0.3) is 5.91 Å². The number of hydrogen-bond acceptors (Lipinski definition) is 5. The van der Waals surface area contributed by atoms with Gasteiger partial charge in [0.05, 0.1) is 25.0 Å². The molecule has 3 aromatic rings. The maximum Gasteiger partial charge on any atom is 0.258 e. The van der Waals surface area contributed by atoms with E-state index >= 15 is 0 Å². The van der Waals surface area contributed by atoms with E-state index in [9.17, 15) is 9.90 Å². The second kappa shape index (κ2) is 8.47. The molecule has 2 N–H and O–H groups in total. The van der Waals surface area contributed by atoms with Gasteiger partial charge in [-0.3, -0.25) is 4.79 Å². The normalized spacial score (nSPS) is 11.7. The Morgan fingerprint density at radius 3 is 2.61 bits per heavy atom. The summed E-state index contributed by atoms with van der Waals surface area (Å²) in [6.45, 7) is 3.65. The van der Waals surface area contributed by atoms with Gasteiger partial charge in [-0.15, -0.1) is 0 Å². The topological polar surface area (TPSA) is 85.6 Å². The molecule has 1 amide bonds. The summed E-state index contributed by atoms with van der Waals surface area (Å²) in [6.07, 6.45) is 1.74. The number of benzene rings is 2. The number of hydrogen-bond donors (Lipinski definition) is 2. The molecule has 0 fully saturated rings. The van der Waals surface area contributed by atoms with Crippen LogP contribution in [0, 0.1) is 6.92 Å². The monoisotopic (exact) mass is 381 g/mol. The van der Waals surface area contributed by atoms with Gasteiger partial charge in [-0.2, -0.15) is 5.10 Å². The van der Waals surface area contributed by atoms with Crippen LogP contribution in [0.4, 0.5) is 0 Å². The molecule has 146 valence electrons. The fourth-order valence-electron chi connectivity index (χ4n) is 2.91. The molecule has 0 saturated carbocycles. The van der Waals surface area contributed by atoms with Crippen LogP contribution in [0.5, 0.6) is 17.2 Å². The summed E-state index contributed by atoms with van der Waals surface area (Å²) in [7, 11) is 1.62. The Labute approximate surface area is 163 Å². The first-order chi connectivity index (χ1) is 13.5. The van der Waals surface area contributed by atoms with Crippen molar-refractivity contribution in [3.05, 3.63) is 66.0 Å². The lowest BCUT2D eigenvalue weighted by molar-refractivity contribution is -0.123. The molecule has 1 heterocycles. The predicted molar refractivity (Wildman–Crippen MR) is 105 cm³/mol. The first kappa shape index (κ1) is 19.3. The second-order valence-corrected chi connectivity index (χ2v) is 6.34. The molecule has 0 bridgehead atoms. The summed E-state index contributed by atoms with van der Waals surface area (Å²) in [5.41, 5.74) is 2.75. The highest BCUT2D eigenvalue weighted by Gasteiger charge is 2.17. The van der Waals surface area contributed by atoms with Crippen molar-refractivity contribution in [1.82, 2.24) is 15.1 Å². The molecular weight excluding hydrogens is 358 g/mol. The Hall–Kier alpha value is -3.48. The smallest absolute Gasteiger partial charge is 0.258 e. The number of rotatable bonds is 7. The number of methoxy groups -OCH3 is 1. The van der Waals surface area contributed by atoms with Crippen molar-refractivity contribution in [2.24, 2.45) is 0 Å². The molecule has 0 spiro atoms. The summed E-state index contributed by atoms with van der Waals surface area (Å²) in [5.74, 6) is 0.764. The van der Waals surface area contributed by atoms with Crippen molar-refractivity contribution in [2.75, 3.05) is 13.7 Å². The van der Waals surface area contributed by atoms with Crippen molar-refractivity contribution < 1.29 is 19.4 Å². The Kier molecular flexibility index (Phi) is 5.84. The molecule has 0 unspecified atom stereocenters. The molecule has 2 aromatic carbocycles. The van der Waals surface area contributed by atoms with Gasteiger partial charge < -0.3 is 19.9 Å². The van der Waals surface area contributed by atoms with Crippen molar-refractivity contribution in [2.45, 2.75) is 19.9 Å². The zero-order valence-electron chi connectivity index (χ0n) is 16.0. The van der Waals surface area contributed by atoms with Gasteiger partial charge in [0.1, 0.15) is 5.75 Å². The van der Waals surface area contributed by atoms with Crippen molar-refractivity contribution in [1.29, 1.82) is 0 Å². The quantitative estimate of drug-likeness (QED) is 0.657. The molecule has 0 aliphatic rings. The maximum atomic E-state index is 12.2. The van der Waals surface area contributed by atoms with Gasteiger partial charge in [0.15, 0.2) is 18.1 Å². The number of carbonyl (C=O) groups excluding carboxylic acids is 1. The number of aromatic nitrogens is 2. The number of ether oxygens (including phenoxy) is 2. The first-order valence-electron chi connectivity index (χ1n) is 8.88. The van der Waals surface area contributed by atoms with Crippen LogP contribution in [-0.4, -0.2) is 34.5 Å². The Bertz CT molecular complexity index is 951. The fourth-order valence-corrected chi connectivity index (χ4v) is 2.91. The second-order valence-electron chi connectivity index (χ2n) is 6.34. The third kappa shape index (κ3) is 4.25. The number of carbonyl (C=O) groups is 1. The molecule has 0 aliphatic carbocycles. The minimum atomic E-state index is -0.285. The van der Waals surface area contributed by atoms with Gasteiger partial charge in [0.2, 0.25) is 0 Å². The van der Waals surface area contributed by atoms with Crippen LogP contribution >= 0.6 is 0 Å². The maximum absolute atomic E-state index is 12.2. The first-order valence-corrected chi connectivity index (χ1v) is 8.88. The molecule has 0 radical (unpaired) electrons. The average molecular weight is 381 g/mol. The van der Waals surface area contributed by atoms with Crippen LogP contribution in [0.15, 0.2) is 54.7 Å². The largest absolute Gasteiger partial charge is 0.504 e. The highest BCUT2D eigenvalue weighted by atomic mass is 16.5.